The van der Waals surface area contributed by atoms with E-state index >= 15 is 0 Å². The lowest BCUT2D eigenvalue weighted by atomic mass is 10.0. The Balaban J connectivity index is 1.44. The Morgan fingerprint density at radius 1 is 1.13 bits per heavy atom. The summed E-state index contributed by atoms with van der Waals surface area (Å²) >= 11 is 5.96. The molecule has 1 fully saturated rings. The highest BCUT2D eigenvalue weighted by atomic mass is 35.5. The standard InChI is InChI=1S/C33H42ClFN6O4/c1-21(42)9-5-4-6-10-27(40-33(44)29-11-7-8-16-41(29)2)32(43)36-15-14-22-17-24-28(19-30(22)45-3)37-20-38-31(24)39-23-12-13-26(35)25(34)18-23/h12-13,17-20,27,29H,4-11,14-16H2,1-3H3,(H,36,43)(H,40,44)(H,37,38,39)/t27-,29?/m0/s1. The lowest BCUT2D eigenvalue weighted by Gasteiger charge is -2.32. The fourth-order valence-electron chi connectivity index (χ4n) is 5.61. The molecule has 1 aliphatic rings. The van der Waals surface area contributed by atoms with Gasteiger partial charge in [-0.1, -0.05) is 30.9 Å². The number of likely N-dealkylation sites (tertiary alicyclic amines) is 1. The minimum Gasteiger partial charge on any atom is -0.496 e. The zero-order chi connectivity index (χ0) is 32.3. The van der Waals surface area contributed by atoms with Gasteiger partial charge in [0, 0.05) is 30.1 Å². The molecule has 1 unspecified atom stereocenters. The molecule has 0 bridgehead atoms. The number of ketones is 1. The number of Topliss-reactive ketones (excluding diaryl/α,β-unsaturated/α-hetero) is 1. The van der Waals surface area contributed by atoms with Gasteiger partial charge in [-0.25, -0.2) is 14.4 Å². The molecule has 0 radical (unpaired) electrons. The van der Waals surface area contributed by atoms with Crippen molar-refractivity contribution < 1.29 is 23.5 Å². The normalized spacial score (nSPS) is 15.8. The number of likely N-dealkylation sites (N-methyl/N-ethyl adjacent to an activating group) is 1. The van der Waals surface area contributed by atoms with E-state index in [-0.39, 0.29) is 28.7 Å². The third-order valence-electron chi connectivity index (χ3n) is 8.14. The molecule has 1 saturated heterocycles. The summed E-state index contributed by atoms with van der Waals surface area (Å²) in [6, 6.07) is 7.12. The number of methoxy groups -OCH3 is 1. The molecule has 0 saturated carbocycles. The number of fused-ring (bicyclic) bond motifs is 1. The first kappa shape index (κ1) is 34.1. The number of carbonyl (C=O) groups is 3. The first-order valence-corrected chi connectivity index (χ1v) is 15.9. The van der Waals surface area contributed by atoms with Crippen LogP contribution in [-0.2, 0) is 20.8 Å². The first-order chi connectivity index (χ1) is 21.7. The number of piperidine rings is 1. The van der Waals surface area contributed by atoms with Crippen LogP contribution in [0.1, 0.15) is 63.9 Å². The average Bonchev–Trinajstić information content (AvgIpc) is 3.02. The number of ether oxygens (including phenoxy) is 1. The van der Waals surface area contributed by atoms with E-state index in [9.17, 15) is 18.8 Å². The molecule has 1 aromatic heterocycles. The number of nitrogens with one attached hydrogen (secondary N) is 3. The average molecular weight is 641 g/mol. The van der Waals surface area contributed by atoms with Gasteiger partial charge in [-0.2, -0.15) is 0 Å². The molecule has 2 heterocycles. The largest absolute Gasteiger partial charge is 0.496 e. The number of unbranched alkanes of at least 4 members (excludes halogenated alkanes) is 2. The van der Waals surface area contributed by atoms with E-state index < -0.39 is 11.9 Å². The summed E-state index contributed by atoms with van der Waals surface area (Å²) in [5.41, 5.74) is 2.04. The van der Waals surface area contributed by atoms with Crippen LogP contribution in [0.15, 0.2) is 36.7 Å². The van der Waals surface area contributed by atoms with Crippen molar-refractivity contribution in [2.24, 2.45) is 0 Å². The van der Waals surface area contributed by atoms with Gasteiger partial charge in [-0.3, -0.25) is 14.5 Å². The smallest absolute Gasteiger partial charge is 0.242 e. The number of benzene rings is 2. The number of halogens is 2. The van der Waals surface area contributed by atoms with Gasteiger partial charge >= 0.3 is 0 Å². The van der Waals surface area contributed by atoms with Gasteiger partial charge in [0.1, 0.15) is 35.5 Å². The lowest BCUT2D eigenvalue weighted by Crippen LogP contribution is -2.54. The molecule has 0 aliphatic carbocycles. The zero-order valence-corrected chi connectivity index (χ0v) is 26.9. The van der Waals surface area contributed by atoms with Crippen LogP contribution in [0.4, 0.5) is 15.9 Å². The maximum atomic E-state index is 13.7. The highest BCUT2D eigenvalue weighted by Crippen LogP contribution is 2.31. The van der Waals surface area contributed by atoms with E-state index in [0.717, 1.165) is 50.6 Å². The number of hydrogen-bond acceptors (Lipinski definition) is 8. The summed E-state index contributed by atoms with van der Waals surface area (Å²) in [7, 11) is 3.52. The predicted molar refractivity (Wildman–Crippen MR) is 173 cm³/mol. The number of hydrogen-bond donors (Lipinski definition) is 3. The van der Waals surface area contributed by atoms with Gasteiger partial charge in [0.15, 0.2) is 0 Å². The molecular weight excluding hydrogens is 599 g/mol. The second kappa shape index (κ2) is 16.5. The predicted octanol–water partition coefficient (Wildman–Crippen LogP) is 5.34. The molecule has 1 aliphatic heterocycles. The van der Waals surface area contributed by atoms with Crippen LogP contribution in [0.5, 0.6) is 5.75 Å². The maximum Gasteiger partial charge on any atom is 0.242 e. The first-order valence-electron chi connectivity index (χ1n) is 15.5. The van der Waals surface area contributed by atoms with Crippen LogP contribution in [0.2, 0.25) is 5.02 Å². The number of nitrogens with zero attached hydrogens (tertiary/aromatic N) is 3. The van der Waals surface area contributed by atoms with Crippen molar-refractivity contribution in [3.05, 3.63) is 53.1 Å². The van der Waals surface area contributed by atoms with E-state index in [1.807, 2.05) is 24.1 Å². The maximum absolute atomic E-state index is 13.7. The summed E-state index contributed by atoms with van der Waals surface area (Å²) in [6.45, 7) is 2.74. The van der Waals surface area contributed by atoms with Crippen LogP contribution in [0.3, 0.4) is 0 Å². The van der Waals surface area contributed by atoms with Gasteiger partial charge in [-0.15, -0.1) is 0 Å². The molecule has 2 aromatic carbocycles. The number of amides is 2. The molecular formula is C33H42ClFN6O4. The molecule has 2 atom stereocenters. The Morgan fingerprint density at radius 2 is 1.96 bits per heavy atom. The summed E-state index contributed by atoms with van der Waals surface area (Å²) in [5.74, 6) is 0.390. The van der Waals surface area contributed by atoms with Crippen LogP contribution >= 0.6 is 11.6 Å². The van der Waals surface area contributed by atoms with Crippen molar-refractivity contribution in [2.75, 3.05) is 32.6 Å². The van der Waals surface area contributed by atoms with E-state index in [1.165, 1.54) is 18.5 Å². The Bertz CT molecular complexity index is 1510. The van der Waals surface area contributed by atoms with Crippen molar-refractivity contribution in [3.8, 4) is 5.75 Å². The fourth-order valence-corrected chi connectivity index (χ4v) is 5.79. The van der Waals surface area contributed by atoms with Crippen LogP contribution < -0.4 is 20.7 Å². The highest BCUT2D eigenvalue weighted by molar-refractivity contribution is 6.31. The summed E-state index contributed by atoms with van der Waals surface area (Å²) in [4.78, 5) is 48.7. The molecule has 4 rings (SSSR count). The van der Waals surface area contributed by atoms with Gasteiger partial charge in [0.25, 0.3) is 0 Å². The van der Waals surface area contributed by atoms with Crippen molar-refractivity contribution in [3.63, 3.8) is 0 Å². The minimum atomic E-state index is -0.671. The van der Waals surface area contributed by atoms with Gasteiger partial charge in [0.2, 0.25) is 11.8 Å². The van der Waals surface area contributed by atoms with Crippen molar-refractivity contribution in [1.82, 2.24) is 25.5 Å². The van der Waals surface area contributed by atoms with Crippen molar-refractivity contribution >= 4 is 51.6 Å². The molecule has 242 valence electrons. The number of carbonyl (C=O) groups excluding carboxylic acids is 3. The number of anilines is 2. The van der Waals surface area contributed by atoms with Crippen molar-refractivity contribution in [2.45, 2.75) is 76.8 Å². The Labute approximate surface area is 268 Å². The lowest BCUT2D eigenvalue weighted by molar-refractivity contribution is -0.132. The molecule has 3 N–H and O–H groups in total. The molecule has 10 nitrogen and oxygen atoms in total. The van der Waals surface area contributed by atoms with Crippen molar-refractivity contribution in [1.29, 1.82) is 0 Å². The van der Waals surface area contributed by atoms with E-state index in [1.54, 1.807) is 20.1 Å². The summed E-state index contributed by atoms with van der Waals surface area (Å²) in [5, 5.41) is 9.89. The molecule has 45 heavy (non-hydrogen) atoms. The Morgan fingerprint density at radius 3 is 2.69 bits per heavy atom. The SMILES string of the molecule is COc1cc2ncnc(Nc3ccc(F)c(Cl)c3)c2cc1CCNC(=O)[C@H](CCCCCC(C)=O)NC(=O)C1CCCCN1C. The summed E-state index contributed by atoms with van der Waals surface area (Å²) in [6.07, 6.45) is 7.99. The zero-order valence-electron chi connectivity index (χ0n) is 26.1. The Hall–Kier alpha value is -3.83. The fraction of sp³-hybridized carbons (Fsp3) is 0.485. The van der Waals surface area contributed by atoms with Crippen LogP contribution in [0, 0.1) is 5.82 Å². The van der Waals surface area contributed by atoms with Crippen LogP contribution in [-0.4, -0.2) is 71.8 Å². The molecule has 3 aromatic rings. The minimum absolute atomic E-state index is 0.00669. The Kier molecular flexibility index (Phi) is 12.5. The third-order valence-corrected chi connectivity index (χ3v) is 8.43. The summed E-state index contributed by atoms with van der Waals surface area (Å²) < 4.78 is 19.3. The molecule has 0 spiro atoms. The topological polar surface area (TPSA) is 126 Å². The van der Waals surface area contributed by atoms with E-state index in [4.69, 9.17) is 16.3 Å². The van der Waals surface area contributed by atoms with E-state index in [2.05, 4.69) is 25.9 Å². The van der Waals surface area contributed by atoms with Gasteiger partial charge in [0.05, 0.1) is 23.7 Å². The highest BCUT2D eigenvalue weighted by Gasteiger charge is 2.29. The molecule has 2 amide bonds. The second-order valence-electron chi connectivity index (χ2n) is 11.6. The quantitative estimate of drug-likeness (QED) is 0.190. The van der Waals surface area contributed by atoms with Gasteiger partial charge in [-0.05, 0) is 82.4 Å². The third kappa shape index (κ3) is 9.58. The van der Waals surface area contributed by atoms with Gasteiger partial charge < -0.3 is 25.5 Å². The monoisotopic (exact) mass is 640 g/mol. The second-order valence-corrected chi connectivity index (χ2v) is 12.0. The number of aromatic nitrogens is 2. The van der Waals surface area contributed by atoms with Crippen LogP contribution in [0.25, 0.3) is 10.9 Å². The van der Waals surface area contributed by atoms with E-state index in [0.29, 0.717) is 54.0 Å². The molecule has 12 heteroatoms. The number of rotatable bonds is 15.